The molecule has 3 N–H and O–H groups in total. The molecule has 0 aliphatic carbocycles. The minimum atomic E-state index is -0.743. The Morgan fingerprint density at radius 1 is 1.38 bits per heavy atom. The molecule has 8 heteroatoms. The van der Waals surface area contributed by atoms with Crippen molar-refractivity contribution in [2.75, 3.05) is 5.73 Å². The molecule has 0 radical (unpaired) electrons. The predicted octanol–water partition coefficient (Wildman–Crippen LogP) is 4.16. The zero-order valence-electron chi connectivity index (χ0n) is 10.2. The van der Waals surface area contributed by atoms with Gasteiger partial charge in [-0.05, 0) is 39.3 Å². The van der Waals surface area contributed by atoms with Crippen LogP contribution in [0, 0.1) is 10.7 Å². The topological polar surface area (TPSA) is 92.8 Å². The standard InChI is InChI=1S/C13H7BrClFN2O3/c14-11-10(8(18-21)4-9(19)12(11)17)13(20)6-3-5(16)1-2-7(6)15/h1-4,19H,17H2. The summed E-state index contributed by atoms with van der Waals surface area (Å²) < 4.78 is 13.3. The number of halogens is 3. The van der Waals surface area contributed by atoms with E-state index < -0.39 is 17.3 Å². The van der Waals surface area contributed by atoms with Gasteiger partial charge in [-0.3, -0.25) is 4.79 Å². The Morgan fingerprint density at radius 2 is 2.05 bits per heavy atom. The minimum Gasteiger partial charge on any atom is -0.506 e. The number of benzene rings is 2. The molecule has 2 aromatic rings. The van der Waals surface area contributed by atoms with E-state index in [0.29, 0.717) is 0 Å². The highest BCUT2D eigenvalue weighted by Gasteiger charge is 2.24. The first-order valence-corrected chi connectivity index (χ1v) is 6.68. The maximum atomic E-state index is 13.3. The van der Waals surface area contributed by atoms with Crippen LogP contribution < -0.4 is 5.73 Å². The van der Waals surface area contributed by atoms with Gasteiger partial charge in [-0.1, -0.05) is 11.6 Å². The van der Waals surface area contributed by atoms with Crippen LogP contribution in [0.4, 0.5) is 15.8 Å². The molecule has 5 nitrogen and oxygen atoms in total. The number of nitroso groups, excluding NO2 is 1. The van der Waals surface area contributed by atoms with E-state index in [2.05, 4.69) is 21.1 Å². The average Bonchev–Trinajstić information content (AvgIpc) is 2.46. The quantitative estimate of drug-likeness (QED) is 0.366. The van der Waals surface area contributed by atoms with E-state index in [4.69, 9.17) is 17.3 Å². The molecule has 0 saturated heterocycles. The van der Waals surface area contributed by atoms with Crippen molar-refractivity contribution in [3.63, 3.8) is 0 Å². The van der Waals surface area contributed by atoms with Crippen LogP contribution in [0.3, 0.4) is 0 Å². The molecule has 0 bridgehead atoms. The van der Waals surface area contributed by atoms with Crippen molar-refractivity contribution < 1.29 is 14.3 Å². The first kappa shape index (κ1) is 15.4. The summed E-state index contributed by atoms with van der Waals surface area (Å²) in [5, 5.41) is 12.2. The molecule has 0 aliphatic heterocycles. The molecular formula is C13H7BrClFN2O3. The molecule has 21 heavy (non-hydrogen) atoms. The number of phenols is 1. The number of nitrogens with two attached hydrogens (primary N) is 1. The van der Waals surface area contributed by atoms with Gasteiger partial charge in [0.05, 0.1) is 20.7 Å². The molecule has 0 heterocycles. The monoisotopic (exact) mass is 372 g/mol. The van der Waals surface area contributed by atoms with Crippen LogP contribution in [0.2, 0.25) is 5.02 Å². The normalized spacial score (nSPS) is 10.4. The van der Waals surface area contributed by atoms with Crippen molar-refractivity contribution in [3.8, 4) is 5.75 Å². The van der Waals surface area contributed by atoms with Gasteiger partial charge in [-0.15, -0.1) is 4.91 Å². The van der Waals surface area contributed by atoms with Crippen LogP contribution in [0.1, 0.15) is 15.9 Å². The number of carbonyl (C=O) groups excluding carboxylic acids is 1. The molecule has 0 aliphatic rings. The van der Waals surface area contributed by atoms with Crippen molar-refractivity contribution in [3.05, 3.63) is 55.6 Å². The van der Waals surface area contributed by atoms with Crippen molar-refractivity contribution in [2.45, 2.75) is 0 Å². The fraction of sp³-hybridized carbons (Fsp3) is 0. The Bertz CT molecular complexity index is 768. The lowest BCUT2D eigenvalue weighted by Gasteiger charge is -2.11. The summed E-state index contributed by atoms with van der Waals surface area (Å²) in [5.41, 5.74) is 4.77. The summed E-state index contributed by atoms with van der Waals surface area (Å²) in [6, 6.07) is 4.20. The second kappa shape index (κ2) is 5.79. The molecule has 0 aromatic heterocycles. The number of nitrogen functional groups attached to an aromatic ring is 1. The van der Waals surface area contributed by atoms with Crippen molar-refractivity contribution in [1.29, 1.82) is 0 Å². The van der Waals surface area contributed by atoms with Crippen LogP contribution in [0.5, 0.6) is 5.75 Å². The Hall–Kier alpha value is -1.99. The van der Waals surface area contributed by atoms with Gasteiger partial charge in [0.25, 0.3) is 0 Å². The van der Waals surface area contributed by atoms with Crippen LogP contribution in [0.15, 0.2) is 33.9 Å². The number of ketones is 1. The lowest BCUT2D eigenvalue weighted by Crippen LogP contribution is -2.06. The molecule has 0 spiro atoms. The number of hydrogen-bond acceptors (Lipinski definition) is 5. The van der Waals surface area contributed by atoms with Crippen LogP contribution in [0.25, 0.3) is 0 Å². The maximum Gasteiger partial charge on any atom is 0.198 e. The lowest BCUT2D eigenvalue weighted by molar-refractivity contribution is 0.103. The van der Waals surface area contributed by atoms with E-state index in [0.717, 1.165) is 18.2 Å². The smallest absolute Gasteiger partial charge is 0.198 e. The highest BCUT2D eigenvalue weighted by Crippen LogP contribution is 2.40. The summed E-state index contributed by atoms with van der Waals surface area (Å²) >= 11 is 8.89. The zero-order valence-corrected chi connectivity index (χ0v) is 12.6. The third kappa shape index (κ3) is 2.74. The predicted molar refractivity (Wildman–Crippen MR) is 80.5 cm³/mol. The summed E-state index contributed by atoms with van der Waals surface area (Å²) in [7, 11) is 0. The van der Waals surface area contributed by atoms with Gasteiger partial charge in [-0.2, -0.15) is 0 Å². The molecule has 2 rings (SSSR count). The Balaban J connectivity index is 2.71. The SMILES string of the molecule is Nc1c(O)cc(N=O)c(C(=O)c2cc(F)ccc2Cl)c1Br. The number of aromatic hydroxyl groups is 1. The van der Waals surface area contributed by atoms with Gasteiger partial charge < -0.3 is 10.8 Å². The van der Waals surface area contributed by atoms with Crippen LogP contribution in [-0.2, 0) is 0 Å². The zero-order chi connectivity index (χ0) is 15.7. The third-order valence-electron chi connectivity index (χ3n) is 2.76. The second-order valence-electron chi connectivity index (χ2n) is 4.06. The van der Waals surface area contributed by atoms with Gasteiger partial charge >= 0.3 is 0 Å². The van der Waals surface area contributed by atoms with Gasteiger partial charge in [-0.25, -0.2) is 4.39 Å². The Kier molecular flexibility index (Phi) is 4.24. The molecular weight excluding hydrogens is 367 g/mol. The number of nitrogens with zero attached hydrogens (tertiary/aromatic N) is 1. The molecule has 108 valence electrons. The largest absolute Gasteiger partial charge is 0.506 e. The van der Waals surface area contributed by atoms with Crippen molar-refractivity contribution >= 4 is 44.7 Å². The van der Waals surface area contributed by atoms with E-state index in [-0.39, 0.29) is 32.0 Å². The van der Waals surface area contributed by atoms with E-state index in [1.807, 2.05) is 0 Å². The molecule has 2 aromatic carbocycles. The van der Waals surface area contributed by atoms with Crippen molar-refractivity contribution in [1.82, 2.24) is 0 Å². The van der Waals surface area contributed by atoms with Gasteiger partial charge in [0.15, 0.2) is 5.78 Å². The van der Waals surface area contributed by atoms with E-state index >= 15 is 0 Å². The van der Waals surface area contributed by atoms with Crippen LogP contribution >= 0.6 is 27.5 Å². The first-order chi connectivity index (χ1) is 9.86. The number of rotatable bonds is 3. The maximum absolute atomic E-state index is 13.3. The number of anilines is 1. The minimum absolute atomic E-state index is 0.0109. The van der Waals surface area contributed by atoms with Crippen molar-refractivity contribution in [2.24, 2.45) is 5.18 Å². The lowest BCUT2D eigenvalue weighted by atomic mass is 10.0. The first-order valence-electron chi connectivity index (χ1n) is 5.50. The Morgan fingerprint density at radius 3 is 2.67 bits per heavy atom. The number of hydrogen-bond donors (Lipinski definition) is 2. The molecule has 0 fully saturated rings. The Labute approximate surface area is 131 Å². The number of carbonyl (C=O) groups is 1. The van der Waals surface area contributed by atoms with Gasteiger partial charge in [0.2, 0.25) is 0 Å². The highest BCUT2D eigenvalue weighted by atomic mass is 79.9. The summed E-state index contributed by atoms with van der Waals surface area (Å²) in [6.07, 6.45) is 0. The highest BCUT2D eigenvalue weighted by molar-refractivity contribution is 9.10. The molecule has 0 atom stereocenters. The summed E-state index contributed by atoms with van der Waals surface area (Å²) in [6.45, 7) is 0. The van der Waals surface area contributed by atoms with Gasteiger partial charge in [0.1, 0.15) is 17.3 Å². The fourth-order valence-electron chi connectivity index (χ4n) is 1.73. The molecule has 0 amide bonds. The second-order valence-corrected chi connectivity index (χ2v) is 5.26. The third-order valence-corrected chi connectivity index (χ3v) is 3.91. The van der Waals surface area contributed by atoms with Crippen LogP contribution in [-0.4, -0.2) is 10.9 Å². The van der Waals surface area contributed by atoms with E-state index in [9.17, 15) is 19.2 Å². The van der Waals surface area contributed by atoms with E-state index in [1.54, 1.807) is 0 Å². The van der Waals surface area contributed by atoms with E-state index in [1.165, 1.54) is 6.07 Å². The summed E-state index contributed by atoms with van der Waals surface area (Å²) in [4.78, 5) is 23.3. The fourth-order valence-corrected chi connectivity index (χ4v) is 2.52. The number of phenolic OH excluding ortho intramolecular Hbond substituents is 1. The average molecular weight is 374 g/mol. The molecule has 0 saturated carbocycles. The summed E-state index contributed by atoms with van der Waals surface area (Å²) in [5.74, 6) is -1.81. The molecule has 0 unspecified atom stereocenters. The van der Waals surface area contributed by atoms with Gasteiger partial charge in [0, 0.05) is 11.6 Å².